The molecule has 13 nitrogen and oxygen atoms in total. The molecule has 0 bridgehead atoms. The first-order chi connectivity index (χ1) is 24.7. The number of ether oxygens (including phenoxy) is 3. The Kier molecular flexibility index (Phi) is 18.5. The predicted octanol–water partition coefficient (Wildman–Crippen LogP) is 4.16. The summed E-state index contributed by atoms with van der Waals surface area (Å²) < 4.78 is 39.6. The number of rotatable bonds is 22. The first kappa shape index (κ1) is 43.3. The Hall–Kier alpha value is -4.85. The Morgan fingerprint density at radius 2 is 1.23 bits per heavy atom. The number of Topliss-reactive ketones (excluding diaryl/α,β-unsaturated/α-hetero) is 1. The van der Waals surface area contributed by atoms with E-state index in [9.17, 15) is 37.2 Å². The van der Waals surface area contributed by atoms with E-state index in [-0.39, 0.29) is 38.4 Å². The van der Waals surface area contributed by atoms with Crippen LogP contribution < -0.4 is 10.6 Å². The molecular weight excluding hydrogens is 692 g/mol. The topological polar surface area (TPSA) is 188 Å². The van der Waals surface area contributed by atoms with Gasteiger partial charge in [0.1, 0.15) is 12.6 Å². The second-order valence-corrected chi connectivity index (χ2v) is 14.5. The van der Waals surface area contributed by atoms with E-state index in [1.54, 1.807) is 82.3 Å². The normalized spacial score (nSPS) is 13.7. The Morgan fingerprint density at radius 1 is 0.692 bits per heavy atom. The first-order valence-electron chi connectivity index (χ1n) is 17.3. The molecule has 0 aromatic heterocycles. The summed E-state index contributed by atoms with van der Waals surface area (Å²) >= 11 is 0. The first-order valence-corrected chi connectivity index (χ1v) is 19.0. The monoisotopic (exact) mass is 742 g/mol. The number of amides is 2. The van der Waals surface area contributed by atoms with E-state index < -0.39 is 88.0 Å². The Balaban J connectivity index is 2.33. The van der Waals surface area contributed by atoms with Crippen LogP contribution in [0.5, 0.6) is 0 Å². The van der Waals surface area contributed by atoms with E-state index in [0.717, 1.165) is 11.0 Å². The van der Waals surface area contributed by atoms with Crippen LogP contribution in [0.25, 0.3) is 0 Å². The highest BCUT2D eigenvalue weighted by molar-refractivity contribution is 7.94. The predicted molar refractivity (Wildman–Crippen MR) is 193 cm³/mol. The van der Waals surface area contributed by atoms with Crippen LogP contribution in [0.15, 0.2) is 72.1 Å². The van der Waals surface area contributed by atoms with Gasteiger partial charge in [-0.05, 0) is 30.9 Å². The van der Waals surface area contributed by atoms with Crippen LogP contribution in [0.4, 0.5) is 0 Å². The molecule has 0 saturated heterocycles. The van der Waals surface area contributed by atoms with Gasteiger partial charge in [-0.3, -0.25) is 28.8 Å². The highest BCUT2D eigenvalue weighted by atomic mass is 32.2. The smallest absolute Gasteiger partial charge is 0.308 e. The van der Waals surface area contributed by atoms with Crippen molar-refractivity contribution in [2.75, 3.05) is 19.0 Å². The third kappa shape index (κ3) is 15.6. The van der Waals surface area contributed by atoms with Crippen LogP contribution in [0.1, 0.15) is 77.5 Å². The number of ketones is 1. The molecule has 2 N–H and O–H groups in total. The zero-order chi connectivity index (χ0) is 38.7. The van der Waals surface area contributed by atoms with Crippen molar-refractivity contribution >= 4 is 45.3 Å². The Bertz CT molecular complexity index is 1630. The fraction of sp³-hybridized carbons (Fsp3) is 0.474. The number of hydrogen-bond acceptors (Lipinski definition) is 11. The van der Waals surface area contributed by atoms with Crippen molar-refractivity contribution in [2.24, 2.45) is 17.8 Å². The molecule has 2 rings (SSSR count). The van der Waals surface area contributed by atoms with Gasteiger partial charge < -0.3 is 24.8 Å². The second-order valence-electron chi connectivity index (χ2n) is 12.3. The standard InChI is InChI=1S/C38H50N2O11S/c1-6-49-33(42)21-29(22-34(43)51-25-27-15-11-9-12-16-27)37(45)40-36(28-17-13-10-14-18-28)32(41)24-31(26(4)5)38(46)39-30(23-35(44)50-7-2)19-20-52(47,48)8-3/h9-20,26,29-31,36H,6-8,21-25H2,1-5H3,(H,39,46)(H,40,45)/b20-19+/t29-,30-,31+,36+/m1/s1. The number of carbonyl (C=O) groups excluding carboxylic acids is 6. The van der Waals surface area contributed by atoms with Crippen LogP contribution >= 0.6 is 0 Å². The SMILES string of the molecule is CCOC(=O)C[C@H](CC(=O)OCc1ccccc1)C(=O)N[C@H](C(=O)C[C@H](C(=O)N[C@H](/C=C/S(=O)(=O)CC)CC(=O)OCC)C(C)C)c1ccccc1. The summed E-state index contributed by atoms with van der Waals surface area (Å²) in [7, 11) is -3.59. The Morgan fingerprint density at radius 3 is 1.77 bits per heavy atom. The van der Waals surface area contributed by atoms with E-state index in [1.165, 1.54) is 13.0 Å². The van der Waals surface area contributed by atoms with Crippen molar-refractivity contribution < 1.29 is 51.4 Å². The molecule has 0 aliphatic carbocycles. The molecule has 2 aromatic rings. The molecule has 0 unspecified atom stereocenters. The molecule has 0 fully saturated rings. The molecule has 0 heterocycles. The highest BCUT2D eigenvalue weighted by Gasteiger charge is 2.34. The minimum atomic E-state index is -3.59. The van der Waals surface area contributed by atoms with Crippen LogP contribution in [-0.4, -0.2) is 68.9 Å². The zero-order valence-electron chi connectivity index (χ0n) is 30.4. The van der Waals surface area contributed by atoms with Crippen molar-refractivity contribution in [3.05, 3.63) is 83.3 Å². The van der Waals surface area contributed by atoms with Gasteiger partial charge in [-0.25, -0.2) is 8.42 Å². The minimum absolute atomic E-state index is 0.0396. The van der Waals surface area contributed by atoms with Crippen molar-refractivity contribution in [3.63, 3.8) is 0 Å². The Labute approximate surface area is 305 Å². The van der Waals surface area contributed by atoms with E-state index in [4.69, 9.17) is 14.2 Å². The van der Waals surface area contributed by atoms with Crippen LogP contribution in [0.3, 0.4) is 0 Å². The van der Waals surface area contributed by atoms with Gasteiger partial charge in [0, 0.05) is 17.7 Å². The molecule has 2 amide bonds. The van der Waals surface area contributed by atoms with Crippen molar-refractivity contribution in [1.29, 1.82) is 0 Å². The maximum Gasteiger partial charge on any atom is 0.308 e. The third-order valence-corrected chi connectivity index (χ3v) is 9.37. The van der Waals surface area contributed by atoms with Crippen molar-refractivity contribution in [1.82, 2.24) is 10.6 Å². The number of hydrogen-bond donors (Lipinski definition) is 2. The molecule has 0 saturated carbocycles. The number of benzene rings is 2. The molecule has 0 aliphatic heterocycles. The average molecular weight is 743 g/mol. The van der Waals surface area contributed by atoms with Crippen LogP contribution in [0, 0.1) is 17.8 Å². The summed E-state index contributed by atoms with van der Waals surface area (Å²) in [5, 5.41) is 6.29. The fourth-order valence-electron chi connectivity index (χ4n) is 5.07. The van der Waals surface area contributed by atoms with Crippen molar-refractivity contribution in [3.8, 4) is 0 Å². The quantitative estimate of drug-likeness (QED) is 0.130. The van der Waals surface area contributed by atoms with E-state index >= 15 is 0 Å². The van der Waals surface area contributed by atoms with E-state index in [2.05, 4.69) is 10.6 Å². The highest BCUT2D eigenvalue weighted by Crippen LogP contribution is 2.24. The van der Waals surface area contributed by atoms with Crippen LogP contribution in [-0.2, 0) is 59.4 Å². The fourth-order valence-corrected chi connectivity index (χ4v) is 5.69. The maximum atomic E-state index is 14.0. The number of nitrogens with one attached hydrogen (secondary N) is 2. The average Bonchev–Trinajstić information content (AvgIpc) is 3.11. The molecule has 14 heteroatoms. The lowest BCUT2D eigenvalue weighted by atomic mass is 9.86. The van der Waals surface area contributed by atoms with Gasteiger partial charge in [-0.2, -0.15) is 0 Å². The second kappa shape index (κ2) is 22.2. The van der Waals surface area contributed by atoms with Gasteiger partial charge in [0.25, 0.3) is 0 Å². The lowest BCUT2D eigenvalue weighted by Crippen LogP contribution is -2.44. The van der Waals surface area contributed by atoms with Gasteiger partial charge >= 0.3 is 17.9 Å². The summed E-state index contributed by atoms with van der Waals surface area (Å²) in [5.41, 5.74) is 1.13. The third-order valence-electron chi connectivity index (χ3n) is 7.99. The zero-order valence-corrected chi connectivity index (χ0v) is 31.2. The molecule has 0 spiro atoms. The number of sulfone groups is 1. The van der Waals surface area contributed by atoms with Crippen LogP contribution in [0.2, 0.25) is 0 Å². The van der Waals surface area contributed by atoms with Gasteiger partial charge in [0.05, 0.1) is 50.2 Å². The van der Waals surface area contributed by atoms with E-state index in [0.29, 0.717) is 5.56 Å². The molecule has 2 aromatic carbocycles. The molecule has 0 radical (unpaired) electrons. The molecule has 0 aliphatic rings. The summed E-state index contributed by atoms with van der Waals surface area (Å²) in [5.74, 6) is -6.81. The minimum Gasteiger partial charge on any atom is -0.466 e. The number of esters is 3. The molecule has 284 valence electrons. The lowest BCUT2D eigenvalue weighted by Gasteiger charge is -2.26. The number of carbonyl (C=O) groups is 6. The largest absolute Gasteiger partial charge is 0.466 e. The van der Waals surface area contributed by atoms with Gasteiger partial charge in [-0.15, -0.1) is 0 Å². The maximum absolute atomic E-state index is 14.0. The lowest BCUT2D eigenvalue weighted by molar-refractivity contribution is -0.151. The summed E-state index contributed by atoms with van der Waals surface area (Å²) in [4.78, 5) is 79.0. The molecule has 52 heavy (non-hydrogen) atoms. The van der Waals surface area contributed by atoms with Gasteiger partial charge in [-0.1, -0.05) is 87.5 Å². The summed E-state index contributed by atoms with van der Waals surface area (Å²) in [6, 6.07) is 14.9. The summed E-state index contributed by atoms with van der Waals surface area (Å²) in [6.45, 7) is 8.22. The van der Waals surface area contributed by atoms with Gasteiger partial charge in [0.15, 0.2) is 15.6 Å². The van der Waals surface area contributed by atoms with E-state index in [1.807, 2.05) is 6.07 Å². The van der Waals surface area contributed by atoms with Gasteiger partial charge in [0.2, 0.25) is 11.8 Å². The molecule has 4 atom stereocenters. The molecular formula is C38H50N2O11S. The van der Waals surface area contributed by atoms with Crippen molar-refractivity contribution in [2.45, 2.75) is 79.0 Å². The summed E-state index contributed by atoms with van der Waals surface area (Å²) in [6.07, 6.45) is -0.405.